The molecule has 1 unspecified atom stereocenters. The van der Waals surface area contributed by atoms with Crippen LogP contribution in [0.4, 0.5) is 4.39 Å². The Morgan fingerprint density at radius 2 is 2.21 bits per heavy atom. The van der Waals surface area contributed by atoms with Gasteiger partial charge in [0.15, 0.2) is 11.9 Å². The number of carbonyl (C=O) groups is 1. The Labute approximate surface area is 196 Å². The molecule has 0 fully saturated rings. The Bertz CT molecular complexity index is 1150. The van der Waals surface area contributed by atoms with E-state index in [1.54, 1.807) is 12.3 Å². The number of ether oxygens (including phenoxy) is 1. The SMILES string of the molecule is CC(C)=C(NC(=C\CCCCc1c[nH]c2ncc(Cl)cc12)/C(F)=C\N)C1=NC(C(N)=O)CO1. The number of H-pyrrole nitrogens is 1. The molecule has 0 saturated heterocycles. The Hall–Kier alpha value is -3.33. The molecule has 1 amide bonds. The average molecular weight is 475 g/mol. The van der Waals surface area contributed by atoms with E-state index in [9.17, 15) is 9.18 Å². The lowest BCUT2D eigenvalue weighted by Gasteiger charge is -2.15. The fourth-order valence-corrected chi connectivity index (χ4v) is 3.58. The summed E-state index contributed by atoms with van der Waals surface area (Å²) in [6.07, 6.45) is 9.38. The minimum Gasteiger partial charge on any atom is -0.474 e. The van der Waals surface area contributed by atoms with Crippen molar-refractivity contribution in [2.45, 2.75) is 45.6 Å². The predicted molar refractivity (Wildman–Crippen MR) is 128 cm³/mol. The summed E-state index contributed by atoms with van der Waals surface area (Å²) in [5.74, 6) is -0.951. The minimum atomic E-state index is -0.756. The van der Waals surface area contributed by atoms with Gasteiger partial charge in [-0.2, -0.15) is 0 Å². The molecule has 0 bridgehead atoms. The number of nitrogens with two attached hydrogens (primary N) is 2. The zero-order valence-electron chi connectivity index (χ0n) is 18.6. The third-order valence-corrected chi connectivity index (χ3v) is 5.40. The average Bonchev–Trinajstić information content (AvgIpc) is 3.42. The maximum atomic E-state index is 14.5. The monoisotopic (exact) mass is 474 g/mol. The van der Waals surface area contributed by atoms with Crippen LogP contribution in [-0.2, 0) is 16.0 Å². The molecule has 0 aliphatic carbocycles. The first-order valence-corrected chi connectivity index (χ1v) is 11.0. The van der Waals surface area contributed by atoms with Crippen LogP contribution in [0.3, 0.4) is 0 Å². The number of aliphatic imine (C=N–C) groups is 1. The Balaban J connectivity index is 1.64. The molecule has 1 aliphatic heterocycles. The normalized spacial score (nSPS) is 16.5. The highest BCUT2D eigenvalue weighted by Crippen LogP contribution is 2.22. The van der Waals surface area contributed by atoms with Gasteiger partial charge >= 0.3 is 0 Å². The molecule has 1 aliphatic rings. The van der Waals surface area contributed by atoms with Crippen LogP contribution < -0.4 is 16.8 Å². The van der Waals surface area contributed by atoms with Gasteiger partial charge in [-0.1, -0.05) is 17.7 Å². The quantitative estimate of drug-likeness (QED) is 0.307. The number of allylic oxidation sites excluding steroid dienone is 3. The lowest BCUT2D eigenvalue weighted by Crippen LogP contribution is -2.27. The molecule has 0 saturated carbocycles. The number of hydrogen-bond donors (Lipinski definition) is 4. The van der Waals surface area contributed by atoms with Gasteiger partial charge in [0.05, 0.1) is 16.4 Å². The van der Waals surface area contributed by atoms with Gasteiger partial charge in [-0.3, -0.25) is 4.79 Å². The molecule has 3 rings (SSSR count). The maximum absolute atomic E-state index is 14.5. The number of pyridine rings is 1. The van der Waals surface area contributed by atoms with E-state index >= 15 is 0 Å². The molecule has 0 aromatic carbocycles. The molecule has 33 heavy (non-hydrogen) atoms. The summed E-state index contributed by atoms with van der Waals surface area (Å²) in [5, 5.41) is 4.63. The van der Waals surface area contributed by atoms with Crippen molar-refractivity contribution in [3.8, 4) is 0 Å². The van der Waals surface area contributed by atoms with Gasteiger partial charge in [-0.25, -0.2) is 14.4 Å². The Morgan fingerprint density at radius 1 is 1.42 bits per heavy atom. The molecule has 8 nitrogen and oxygen atoms in total. The van der Waals surface area contributed by atoms with Crippen molar-refractivity contribution in [3.05, 3.63) is 64.1 Å². The third kappa shape index (κ3) is 6.13. The highest BCUT2D eigenvalue weighted by Gasteiger charge is 2.27. The Morgan fingerprint density at radius 3 is 2.88 bits per heavy atom. The number of nitrogens with one attached hydrogen (secondary N) is 2. The van der Waals surface area contributed by atoms with Crippen molar-refractivity contribution in [1.82, 2.24) is 15.3 Å². The molecular formula is C23H28ClFN6O2. The molecule has 3 heterocycles. The van der Waals surface area contributed by atoms with Crippen LogP contribution in [0, 0.1) is 0 Å². The van der Waals surface area contributed by atoms with Crippen molar-refractivity contribution in [2.75, 3.05) is 6.61 Å². The first kappa shape index (κ1) is 24.3. The second kappa shape index (κ2) is 11.0. The molecule has 0 spiro atoms. The van der Waals surface area contributed by atoms with Crippen LogP contribution in [0.15, 0.2) is 58.5 Å². The number of carbonyl (C=O) groups excluding carboxylic acids is 1. The summed E-state index contributed by atoms with van der Waals surface area (Å²) >= 11 is 6.06. The van der Waals surface area contributed by atoms with Crippen LogP contribution in [0.5, 0.6) is 0 Å². The molecule has 0 radical (unpaired) electrons. The Kier molecular flexibility index (Phi) is 8.11. The van der Waals surface area contributed by atoms with E-state index in [2.05, 4.69) is 20.3 Å². The minimum absolute atomic E-state index is 0.0615. The highest BCUT2D eigenvalue weighted by atomic mass is 35.5. The van der Waals surface area contributed by atoms with Gasteiger partial charge in [0.2, 0.25) is 11.8 Å². The predicted octanol–water partition coefficient (Wildman–Crippen LogP) is 3.75. The summed E-state index contributed by atoms with van der Waals surface area (Å²) in [6, 6.07) is 1.14. The number of hydrogen-bond acceptors (Lipinski definition) is 6. The van der Waals surface area contributed by atoms with Crippen molar-refractivity contribution >= 4 is 34.4 Å². The number of primary amides is 1. The molecule has 176 valence electrons. The van der Waals surface area contributed by atoms with Gasteiger partial charge < -0.3 is 26.5 Å². The zero-order chi connectivity index (χ0) is 24.0. The van der Waals surface area contributed by atoms with E-state index in [1.165, 1.54) is 0 Å². The number of unbranched alkanes of at least 4 members (excludes halogenated alkanes) is 2. The standard InChI is InChI=1S/C23H28ClFN6O2/c1-13(2)20(23-31-19(12-33-23)21(27)32)30-18(17(25)9-26)7-5-3-4-6-14-10-28-22-16(14)8-15(24)11-29-22/h7-11,19,30H,3-6,12,26H2,1-2H3,(H2,27,32)(H,28,29)/b17-9+,18-7-. The summed E-state index contributed by atoms with van der Waals surface area (Å²) in [6.45, 7) is 3.72. The van der Waals surface area contributed by atoms with Gasteiger partial charge in [0, 0.05) is 24.0 Å². The number of rotatable bonds is 10. The van der Waals surface area contributed by atoms with Crippen LogP contribution >= 0.6 is 11.6 Å². The zero-order valence-corrected chi connectivity index (χ0v) is 19.4. The van der Waals surface area contributed by atoms with E-state index in [0.717, 1.165) is 47.6 Å². The van der Waals surface area contributed by atoms with E-state index < -0.39 is 17.8 Å². The van der Waals surface area contributed by atoms with Crippen LogP contribution in [-0.4, -0.2) is 34.4 Å². The number of aromatic nitrogens is 2. The molecule has 1 atom stereocenters. The van der Waals surface area contributed by atoms with E-state index in [1.807, 2.05) is 26.1 Å². The smallest absolute Gasteiger partial charge is 0.245 e. The van der Waals surface area contributed by atoms with Crippen molar-refractivity contribution in [3.63, 3.8) is 0 Å². The number of halogens is 2. The van der Waals surface area contributed by atoms with E-state index in [4.69, 9.17) is 27.8 Å². The second-order valence-electron chi connectivity index (χ2n) is 7.91. The van der Waals surface area contributed by atoms with Crippen LogP contribution in [0.2, 0.25) is 5.02 Å². The van der Waals surface area contributed by atoms with Gasteiger partial charge in [0.1, 0.15) is 12.3 Å². The molecule has 10 heteroatoms. The van der Waals surface area contributed by atoms with Gasteiger partial charge in [-0.05, 0) is 56.7 Å². The van der Waals surface area contributed by atoms with Gasteiger partial charge in [0.25, 0.3) is 0 Å². The molecular weight excluding hydrogens is 447 g/mol. The number of amides is 1. The summed E-state index contributed by atoms with van der Waals surface area (Å²) in [7, 11) is 0. The third-order valence-electron chi connectivity index (χ3n) is 5.19. The number of aryl methyl sites for hydroxylation is 1. The fraction of sp³-hybridized carbons (Fsp3) is 0.348. The van der Waals surface area contributed by atoms with Crippen molar-refractivity contribution in [2.24, 2.45) is 16.5 Å². The van der Waals surface area contributed by atoms with Crippen LogP contribution in [0.1, 0.15) is 38.7 Å². The first-order chi connectivity index (χ1) is 15.8. The number of fused-ring (bicyclic) bond motifs is 1. The lowest BCUT2D eigenvalue weighted by atomic mass is 10.1. The molecule has 2 aromatic rings. The van der Waals surface area contributed by atoms with E-state index in [0.29, 0.717) is 17.1 Å². The topological polar surface area (TPSA) is 131 Å². The highest BCUT2D eigenvalue weighted by molar-refractivity contribution is 6.31. The van der Waals surface area contributed by atoms with Crippen molar-refractivity contribution < 1.29 is 13.9 Å². The largest absolute Gasteiger partial charge is 0.474 e. The fourth-order valence-electron chi connectivity index (χ4n) is 3.43. The van der Waals surface area contributed by atoms with Crippen molar-refractivity contribution in [1.29, 1.82) is 0 Å². The maximum Gasteiger partial charge on any atom is 0.245 e. The lowest BCUT2D eigenvalue weighted by molar-refractivity contribution is -0.119. The summed E-state index contributed by atoms with van der Waals surface area (Å²) < 4.78 is 20.0. The van der Waals surface area contributed by atoms with E-state index in [-0.39, 0.29) is 18.2 Å². The molecule has 6 N–H and O–H groups in total. The number of nitrogens with zero attached hydrogens (tertiary/aromatic N) is 2. The summed E-state index contributed by atoms with van der Waals surface area (Å²) in [4.78, 5) is 23.0. The van der Waals surface area contributed by atoms with Gasteiger partial charge in [-0.15, -0.1) is 0 Å². The summed E-state index contributed by atoms with van der Waals surface area (Å²) in [5.41, 5.74) is 14.2. The van der Waals surface area contributed by atoms with Crippen LogP contribution in [0.25, 0.3) is 11.0 Å². The number of aromatic amines is 1. The second-order valence-corrected chi connectivity index (χ2v) is 8.34. The molecule has 2 aromatic heterocycles. The first-order valence-electron chi connectivity index (χ1n) is 10.6.